The van der Waals surface area contributed by atoms with Crippen molar-refractivity contribution < 1.29 is 12.8 Å². The number of furan rings is 1. The molecule has 0 bridgehead atoms. The van der Waals surface area contributed by atoms with Crippen molar-refractivity contribution in [2.24, 2.45) is 0 Å². The van der Waals surface area contributed by atoms with Crippen molar-refractivity contribution in [1.29, 1.82) is 0 Å². The van der Waals surface area contributed by atoms with Crippen molar-refractivity contribution in [1.82, 2.24) is 9.62 Å². The van der Waals surface area contributed by atoms with Crippen LogP contribution in [-0.4, -0.2) is 32.4 Å². The molecule has 0 amide bonds. The average Bonchev–Trinajstić information content (AvgIpc) is 2.78. The summed E-state index contributed by atoms with van der Waals surface area (Å²) in [6.07, 6.45) is 2.36. The largest absolute Gasteiger partial charge is 0.464 e. The van der Waals surface area contributed by atoms with Crippen molar-refractivity contribution >= 4 is 10.0 Å². The van der Waals surface area contributed by atoms with Gasteiger partial charge < -0.3 is 9.73 Å². The predicted octanol–water partition coefficient (Wildman–Crippen LogP) is 2.28. The van der Waals surface area contributed by atoms with E-state index in [0.717, 1.165) is 13.0 Å². The molecule has 1 N–H and O–H groups in total. The molecule has 0 saturated heterocycles. The molecular weight excluding hydrogens is 276 g/mol. The summed E-state index contributed by atoms with van der Waals surface area (Å²) in [6.45, 7) is 11.4. The van der Waals surface area contributed by atoms with Gasteiger partial charge in [0.15, 0.2) is 0 Å². The second-order valence-electron chi connectivity index (χ2n) is 4.57. The fraction of sp³-hybridized carbons (Fsp3) is 0.571. The zero-order valence-electron chi connectivity index (χ0n) is 12.5. The number of nitrogens with zero attached hydrogens (tertiary/aromatic N) is 1. The third-order valence-corrected chi connectivity index (χ3v) is 4.87. The first-order valence-corrected chi connectivity index (χ1v) is 8.32. The summed E-state index contributed by atoms with van der Waals surface area (Å²) in [4.78, 5) is 0.251. The summed E-state index contributed by atoms with van der Waals surface area (Å²) in [5, 5.41) is 3.12. The number of nitrogens with one attached hydrogen (secondary N) is 1. The highest BCUT2D eigenvalue weighted by atomic mass is 32.2. The second kappa shape index (κ2) is 7.61. The van der Waals surface area contributed by atoms with E-state index in [-0.39, 0.29) is 4.90 Å². The van der Waals surface area contributed by atoms with Crippen LogP contribution in [0.1, 0.15) is 31.8 Å². The van der Waals surface area contributed by atoms with Crippen LogP contribution in [0.2, 0.25) is 0 Å². The summed E-state index contributed by atoms with van der Waals surface area (Å²) >= 11 is 0. The molecule has 0 spiro atoms. The van der Waals surface area contributed by atoms with Gasteiger partial charge in [0.1, 0.15) is 16.4 Å². The van der Waals surface area contributed by atoms with Gasteiger partial charge in [-0.15, -0.1) is 6.58 Å². The van der Waals surface area contributed by atoms with Gasteiger partial charge in [-0.3, -0.25) is 0 Å². The molecule has 0 aliphatic rings. The van der Waals surface area contributed by atoms with Gasteiger partial charge in [-0.25, -0.2) is 8.42 Å². The fourth-order valence-corrected chi connectivity index (χ4v) is 3.65. The molecule has 0 aliphatic carbocycles. The number of sulfonamides is 1. The van der Waals surface area contributed by atoms with Gasteiger partial charge in [0.05, 0.1) is 6.54 Å². The minimum Gasteiger partial charge on any atom is -0.464 e. The zero-order valence-corrected chi connectivity index (χ0v) is 13.3. The summed E-state index contributed by atoms with van der Waals surface area (Å²) in [7, 11) is -3.52. The maximum absolute atomic E-state index is 12.6. The zero-order chi connectivity index (χ0) is 15.2. The van der Waals surface area contributed by atoms with Gasteiger partial charge >= 0.3 is 0 Å². The second-order valence-corrected chi connectivity index (χ2v) is 6.47. The monoisotopic (exact) mass is 300 g/mol. The van der Waals surface area contributed by atoms with Crippen LogP contribution in [0.5, 0.6) is 0 Å². The van der Waals surface area contributed by atoms with E-state index >= 15 is 0 Å². The summed E-state index contributed by atoms with van der Waals surface area (Å²) in [5.41, 5.74) is 0. The molecule has 1 aromatic heterocycles. The minimum atomic E-state index is -3.52. The fourth-order valence-electron chi connectivity index (χ4n) is 1.96. The minimum absolute atomic E-state index is 0.251. The third kappa shape index (κ3) is 3.94. The Bertz CT molecular complexity index is 535. The van der Waals surface area contributed by atoms with Gasteiger partial charge in [0.25, 0.3) is 0 Å². The lowest BCUT2D eigenvalue weighted by atomic mass is 10.4. The van der Waals surface area contributed by atoms with E-state index in [9.17, 15) is 8.42 Å². The molecule has 6 heteroatoms. The van der Waals surface area contributed by atoms with E-state index < -0.39 is 10.0 Å². The van der Waals surface area contributed by atoms with Crippen molar-refractivity contribution in [3.8, 4) is 0 Å². The molecule has 1 heterocycles. The number of hydrogen-bond acceptors (Lipinski definition) is 4. The van der Waals surface area contributed by atoms with Crippen molar-refractivity contribution in [3.05, 3.63) is 30.2 Å². The Balaban J connectivity index is 3.06. The maximum atomic E-state index is 12.6. The van der Waals surface area contributed by atoms with Gasteiger partial charge in [-0.05, 0) is 19.9 Å². The number of hydrogen-bond donors (Lipinski definition) is 1. The predicted molar refractivity (Wildman–Crippen MR) is 80.1 cm³/mol. The third-order valence-electron chi connectivity index (χ3n) is 2.90. The molecular formula is C14H24N2O3S. The summed E-state index contributed by atoms with van der Waals surface area (Å²) in [6, 6.07) is 1.61. The van der Waals surface area contributed by atoms with Crippen LogP contribution in [0.25, 0.3) is 0 Å². The molecule has 5 nitrogen and oxygen atoms in total. The lowest BCUT2D eigenvalue weighted by molar-refractivity contribution is 0.435. The van der Waals surface area contributed by atoms with Crippen molar-refractivity contribution in [3.63, 3.8) is 0 Å². The quantitative estimate of drug-likeness (QED) is 0.711. The highest BCUT2D eigenvalue weighted by Gasteiger charge is 2.27. The Morgan fingerprint density at radius 3 is 2.70 bits per heavy atom. The average molecular weight is 300 g/mol. The molecule has 1 aromatic rings. The van der Waals surface area contributed by atoms with Crippen molar-refractivity contribution in [2.45, 2.75) is 38.6 Å². The van der Waals surface area contributed by atoms with Crippen LogP contribution in [0.3, 0.4) is 0 Å². The van der Waals surface area contributed by atoms with Gasteiger partial charge in [-0.1, -0.05) is 19.9 Å². The Labute approximate surface area is 121 Å². The topological polar surface area (TPSA) is 62.6 Å². The number of rotatable bonds is 9. The van der Waals surface area contributed by atoms with Crippen molar-refractivity contribution in [2.75, 3.05) is 19.6 Å². The molecule has 0 atom stereocenters. The van der Waals surface area contributed by atoms with Crippen LogP contribution in [0.15, 0.2) is 28.0 Å². The smallest absolute Gasteiger partial charge is 0.246 e. The highest BCUT2D eigenvalue weighted by molar-refractivity contribution is 7.89. The molecule has 20 heavy (non-hydrogen) atoms. The van der Waals surface area contributed by atoms with Crippen LogP contribution < -0.4 is 5.32 Å². The van der Waals surface area contributed by atoms with E-state index in [0.29, 0.717) is 31.2 Å². The van der Waals surface area contributed by atoms with E-state index in [1.54, 1.807) is 19.1 Å². The Morgan fingerprint density at radius 2 is 2.15 bits per heavy atom. The van der Waals surface area contributed by atoms with Crippen LogP contribution in [0, 0.1) is 6.92 Å². The molecule has 0 fully saturated rings. The summed E-state index contributed by atoms with van der Waals surface area (Å²) in [5.74, 6) is 1.07. The lowest BCUT2D eigenvalue weighted by Gasteiger charge is -2.19. The van der Waals surface area contributed by atoms with Gasteiger partial charge in [0, 0.05) is 19.2 Å². The molecule has 1 rings (SSSR count). The lowest BCUT2D eigenvalue weighted by Crippen LogP contribution is -2.32. The molecule has 0 aromatic carbocycles. The molecule has 0 aliphatic heterocycles. The Kier molecular flexibility index (Phi) is 6.45. The van der Waals surface area contributed by atoms with E-state index in [1.165, 1.54) is 4.31 Å². The summed E-state index contributed by atoms with van der Waals surface area (Å²) < 4.78 is 32.2. The van der Waals surface area contributed by atoms with Crippen LogP contribution >= 0.6 is 0 Å². The molecule has 0 saturated carbocycles. The van der Waals surface area contributed by atoms with E-state index in [1.807, 2.05) is 13.8 Å². The molecule has 0 radical (unpaired) electrons. The molecule has 0 unspecified atom stereocenters. The Hall–Kier alpha value is -1.11. The number of aryl methyl sites for hydroxylation is 1. The standard InChI is InChI=1S/C14H24N2O3S/c1-5-8-16(9-6-2)20(17,18)14-10-13(11-15-7-3)19-12(14)4/h5,10,15H,1,6-9,11H2,2-4H3. The van der Waals surface area contributed by atoms with E-state index in [2.05, 4.69) is 11.9 Å². The van der Waals surface area contributed by atoms with Crippen LogP contribution in [0.4, 0.5) is 0 Å². The maximum Gasteiger partial charge on any atom is 0.246 e. The van der Waals surface area contributed by atoms with Crippen LogP contribution in [-0.2, 0) is 16.6 Å². The molecule has 114 valence electrons. The van der Waals surface area contributed by atoms with E-state index in [4.69, 9.17) is 4.42 Å². The first-order valence-electron chi connectivity index (χ1n) is 6.88. The first kappa shape index (κ1) is 16.9. The normalized spacial score (nSPS) is 12.0. The SMILES string of the molecule is C=CCN(CCC)S(=O)(=O)c1cc(CNCC)oc1C. The Morgan fingerprint density at radius 1 is 1.45 bits per heavy atom. The highest BCUT2D eigenvalue weighted by Crippen LogP contribution is 2.24. The first-order chi connectivity index (χ1) is 9.47. The van der Waals surface area contributed by atoms with Gasteiger partial charge in [0.2, 0.25) is 10.0 Å². The van der Waals surface area contributed by atoms with Gasteiger partial charge in [-0.2, -0.15) is 4.31 Å².